The minimum atomic E-state index is -0.222. The molecule has 0 aliphatic carbocycles. The maximum absolute atomic E-state index is 12.2. The highest BCUT2D eigenvalue weighted by molar-refractivity contribution is 7.10. The first-order chi connectivity index (χ1) is 11.2. The Morgan fingerprint density at radius 3 is 2.96 bits per heavy atom. The summed E-state index contributed by atoms with van der Waals surface area (Å²) in [7, 11) is 0. The number of aryl methyl sites for hydroxylation is 1. The number of thiophene rings is 1. The smallest absolute Gasteiger partial charge is 0.319 e. The Kier molecular flexibility index (Phi) is 5.09. The summed E-state index contributed by atoms with van der Waals surface area (Å²) in [6.07, 6.45) is 1.74. The van der Waals surface area contributed by atoms with Gasteiger partial charge >= 0.3 is 6.03 Å². The molecule has 2 N–H and O–H groups in total. The lowest BCUT2D eigenvalue weighted by atomic mass is 10.3. The van der Waals surface area contributed by atoms with Crippen LogP contribution < -0.4 is 15.5 Å². The minimum absolute atomic E-state index is 0.222. The van der Waals surface area contributed by atoms with Crippen molar-refractivity contribution in [3.8, 4) is 0 Å². The number of aromatic nitrogens is 1. The van der Waals surface area contributed by atoms with Gasteiger partial charge < -0.3 is 20.3 Å². The molecule has 1 fully saturated rings. The number of carbonyl (C=O) groups excluding carboxylic acids is 1. The van der Waals surface area contributed by atoms with Crippen LogP contribution in [0.1, 0.15) is 10.4 Å². The fraction of sp³-hybridized carbons (Fsp3) is 0.375. The molecule has 23 heavy (non-hydrogen) atoms. The summed E-state index contributed by atoms with van der Waals surface area (Å²) in [5.74, 6) is 0.790. The number of pyridine rings is 1. The van der Waals surface area contributed by atoms with Gasteiger partial charge in [-0.2, -0.15) is 0 Å². The molecule has 1 aliphatic rings. The molecular weight excluding hydrogens is 312 g/mol. The number of urea groups is 1. The molecule has 0 radical (unpaired) electrons. The highest BCUT2D eigenvalue weighted by atomic mass is 32.1. The van der Waals surface area contributed by atoms with Crippen molar-refractivity contribution < 1.29 is 9.53 Å². The van der Waals surface area contributed by atoms with Crippen molar-refractivity contribution in [1.82, 2.24) is 10.3 Å². The maximum atomic E-state index is 12.2. The average molecular weight is 332 g/mol. The molecule has 2 aromatic rings. The van der Waals surface area contributed by atoms with Gasteiger partial charge in [-0.3, -0.25) is 0 Å². The second-order valence-corrected chi connectivity index (χ2v) is 6.31. The Bertz CT molecular complexity index is 668. The quantitative estimate of drug-likeness (QED) is 0.903. The third kappa shape index (κ3) is 4.00. The highest BCUT2D eigenvalue weighted by Crippen LogP contribution is 2.23. The fourth-order valence-electron chi connectivity index (χ4n) is 2.43. The van der Waals surface area contributed by atoms with E-state index >= 15 is 0 Å². The predicted octanol–water partition coefficient (Wildman–Crippen LogP) is 2.61. The molecule has 0 saturated carbocycles. The van der Waals surface area contributed by atoms with Crippen LogP contribution in [-0.4, -0.2) is 37.3 Å². The van der Waals surface area contributed by atoms with Gasteiger partial charge in [-0.1, -0.05) is 0 Å². The monoisotopic (exact) mass is 332 g/mol. The van der Waals surface area contributed by atoms with Crippen molar-refractivity contribution in [1.29, 1.82) is 0 Å². The van der Waals surface area contributed by atoms with Crippen LogP contribution in [0.3, 0.4) is 0 Å². The van der Waals surface area contributed by atoms with E-state index in [-0.39, 0.29) is 6.03 Å². The van der Waals surface area contributed by atoms with E-state index in [1.165, 1.54) is 10.4 Å². The summed E-state index contributed by atoms with van der Waals surface area (Å²) in [5, 5.41) is 7.82. The Hall–Kier alpha value is -2.12. The zero-order valence-corrected chi connectivity index (χ0v) is 13.9. The van der Waals surface area contributed by atoms with Gasteiger partial charge in [0, 0.05) is 24.2 Å². The summed E-state index contributed by atoms with van der Waals surface area (Å²) in [6.45, 7) is 5.49. The van der Waals surface area contributed by atoms with Crippen molar-refractivity contribution in [2.75, 3.05) is 36.5 Å². The molecule has 1 saturated heterocycles. The Balaban J connectivity index is 1.63. The summed E-state index contributed by atoms with van der Waals surface area (Å²) >= 11 is 1.65. The molecule has 122 valence electrons. The maximum Gasteiger partial charge on any atom is 0.319 e. The van der Waals surface area contributed by atoms with Crippen LogP contribution in [-0.2, 0) is 11.3 Å². The number of nitrogens with zero attached hydrogens (tertiary/aromatic N) is 2. The Morgan fingerprint density at radius 1 is 1.39 bits per heavy atom. The second kappa shape index (κ2) is 7.43. The van der Waals surface area contributed by atoms with E-state index in [4.69, 9.17) is 4.74 Å². The van der Waals surface area contributed by atoms with E-state index in [0.717, 1.165) is 24.6 Å². The fourth-order valence-corrected chi connectivity index (χ4v) is 3.28. The van der Waals surface area contributed by atoms with E-state index < -0.39 is 0 Å². The number of hydrogen-bond acceptors (Lipinski definition) is 5. The molecule has 6 nitrogen and oxygen atoms in total. The summed E-state index contributed by atoms with van der Waals surface area (Å²) in [5.41, 5.74) is 1.92. The standard InChI is InChI=1S/C16H20N4O2S/c1-12-4-10-23-14(12)11-18-16(21)19-13-3-2-5-17-15(13)20-6-8-22-9-7-20/h2-5,10H,6-9,11H2,1H3,(H2,18,19,21). The van der Waals surface area contributed by atoms with Crippen LogP contribution >= 0.6 is 11.3 Å². The van der Waals surface area contributed by atoms with Gasteiger partial charge in [0.25, 0.3) is 0 Å². The predicted molar refractivity (Wildman–Crippen MR) is 92.2 cm³/mol. The van der Waals surface area contributed by atoms with Crippen LogP contribution in [0.5, 0.6) is 0 Å². The average Bonchev–Trinajstić information content (AvgIpc) is 2.99. The molecule has 2 aromatic heterocycles. The SMILES string of the molecule is Cc1ccsc1CNC(=O)Nc1cccnc1N1CCOCC1. The van der Waals surface area contributed by atoms with Crippen LogP contribution in [0.2, 0.25) is 0 Å². The summed E-state index contributed by atoms with van der Waals surface area (Å²) in [4.78, 5) is 19.9. The first kappa shape index (κ1) is 15.8. The van der Waals surface area contributed by atoms with Gasteiger partial charge in [0.15, 0.2) is 5.82 Å². The number of hydrogen-bond donors (Lipinski definition) is 2. The molecule has 3 heterocycles. The molecule has 7 heteroatoms. The van der Waals surface area contributed by atoms with Gasteiger partial charge in [0.1, 0.15) is 0 Å². The first-order valence-corrected chi connectivity index (χ1v) is 8.47. The van der Waals surface area contributed by atoms with Crippen LogP contribution in [0, 0.1) is 6.92 Å². The van der Waals surface area contributed by atoms with Crippen molar-refractivity contribution in [2.45, 2.75) is 13.5 Å². The molecule has 3 rings (SSSR count). The second-order valence-electron chi connectivity index (χ2n) is 5.31. The van der Waals surface area contributed by atoms with Gasteiger partial charge in [-0.05, 0) is 36.1 Å². The molecule has 0 unspecified atom stereocenters. The lowest BCUT2D eigenvalue weighted by molar-refractivity contribution is 0.122. The third-order valence-corrected chi connectivity index (χ3v) is 4.75. The van der Waals surface area contributed by atoms with E-state index in [0.29, 0.717) is 19.8 Å². The zero-order valence-electron chi connectivity index (χ0n) is 13.0. The number of carbonyl (C=O) groups is 1. The Morgan fingerprint density at radius 2 is 2.22 bits per heavy atom. The third-order valence-electron chi connectivity index (χ3n) is 3.72. The normalized spacial score (nSPS) is 14.6. The van der Waals surface area contributed by atoms with Crippen molar-refractivity contribution in [3.05, 3.63) is 40.2 Å². The molecule has 0 spiro atoms. The van der Waals surface area contributed by atoms with Gasteiger partial charge in [-0.25, -0.2) is 9.78 Å². The molecule has 0 aromatic carbocycles. The lowest BCUT2D eigenvalue weighted by Crippen LogP contribution is -2.37. The number of anilines is 2. The van der Waals surface area contributed by atoms with Gasteiger partial charge in [0.2, 0.25) is 0 Å². The van der Waals surface area contributed by atoms with E-state index in [9.17, 15) is 4.79 Å². The van der Waals surface area contributed by atoms with E-state index in [2.05, 4.69) is 26.6 Å². The zero-order chi connectivity index (χ0) is 16.1. The van der Waals surface area contributed by atoms with Crippen LogP contribution in [0.25, 0.3) is 0 Å². The lowest BCUT2D eigenvalue weighted by Gasteiger charge is -2.29. The molecular formula is C16H20N4O2S. The van der Waals surface area contributed by atoms with Crippen LogP contribution in [0.15, 0.2) is 29.8 Å². The number of amides is 2. The molecule has 1 aliphatic heterocycles. The molecule has 2 amide bonds. The topological polar surface area (TPSA) is 66.5 Å². The van der Waals surface area contributed by atoms with Crippen LogP contribution in [0.4, 0.5) is 16.3 Å². The highest BCUT2D eigenvalue weighted by Gasteiger charge is 2.17. The number of ether oxygens (including phenoxy) is 1. The van der Waals surface area contributed by atoms with Crippen molar-refractivity contribution in [2.24, 2.45) is 0 Å². The van der Waals surface area contributed by atoms with E-state index in [1.807, 2.05) is 24.4 Å². The van der Waals surface area contributed by atoms with Crippen molar-refractivity contribution in [3.63, 3.8) is 0 Å². The molecule has 0 atom stereocenters. The summed E-state index contributed by atoms with van der Waals surface area (Å²) in [6, 6.07) is 5.52. The number of morpholine rings is 1. The first-order valence-electron chi connectivity index (χ1n) is 7.59. The van der Waals surface area contributed by atoms with Gasteiger partial charge in [0.05, 0.1) is 25.4 Å². The number of rotatable bonds is 4. The van der Waals surface area contributed by atoms with Crippen molar-refractivity contribution >= 4 is 28.9 Å². The van der Waals surface area contributed by atoms with Gasteiger partial charge in [-0.15, -0.1) is 11.3 Å². The summed E-state index contributed by atoms with van der Waals surface area (Å²) < 4.78 is 5.37. The largest absolute Gasteiger partial charge is 0.378 e. The van der Waals surface area contributed by atoms with E-state index in [1.54, 1.807) is 17.5 Å². The molecule has 0 bridgehead atoms. The minimum Gasteiger partial charge on any atom is -0.378 e. The number of nitrogens with one attached hydrogen (secondary N) is 2. The Labute approximate surface area is 139 Å².